The van der Waals surface area contributed by atoms with Crippen molar-refractivity contribution in [2.75, 3.05) is 32.7 Å². The van der Waals surface area contributed by atoms with Gasteiger partial charge in [-0.25, -0.2) is 0 Å². The number of piperazine rings is 1. The molecule has 1 saturated heterocycles. The molecule has 3 atom stereocenters. The Morgan fingerprint density at radius 2 is 2.00 bits per heavy atom. The van der Waals surface area contributed by atoms with Gasteiger partial charge in [-0.2, -0.15) is 0 Å². The third-order valence-electron chi connectivity index (χ3n) is 4.12. The molecule has 2 bridgehead atoms. The van der Waals surface area contributed by atoms with Gasteiger partial charge in [0.05, 0.1) is 0 Å². The lowest BCUT2D eigenvalue weighted by molar-refractivity contribution is 0.193. The molecule has 0 radical (unpaired) electrons. The number of rotatable bonds is 2. The van der Waals surface area contributed by atoms with E-state index >= 15 is 0 Å². The molecule has 2 fully saturated rings. The second kappa shape index (κ2) is 3.67. The van der Waals surface area contributed by atoms with E-state index in [1.54, 1.807) is 0 Å². The SMILES string of the molecule is C1=C[C@H]2C[C@@H]1C[C@H]2CN1CCNCC1. The maximum absolute atomic E-state index is 3.42. The highest BCUT2D eigenvalue weighted by Crippen LogP contribution is 2.43. The van der Waals surface area contributed by atoms with Crippen LogP contribution in [-0.4, -0.2) is 37.6 Å². The van der Waals surface area contributed by atoms with Crippen LogP contribution >= 0.6 is 0 Å². The first-order valence-electron chi connectivity index (χ1n) is 6.03. The Morgan fingerprint density at radius 3 is 2.64 bits per heavy atom. The van der Waals surface area contributed by atoms with Crippen molar-refractivity contribution in [1.82, 2.24) is 10.2 Å². The van der Waals surface area contributed by atoms with E-state index in [0.29, 0.717) is 0 Å². The summed E-state index contributed by atoms with van der Waals surface area (Å²) in [6, 6.07) is 0. The first kappa shape index (κ1) is 8.93. The highest BCUT2D eigenvalue weighted by molar-refractivity contribution is 5.10. The molecule has 1 saturated carbocycles. The summed E-state index contributed by atoms with van der Waals surface area (Å²) in [5, 5.41) is 3.42. The number of hydrogen-bond donors (Lipinski definition) is 1. The molecule has 2 nitrogen and oxygen atoms in total. The summed E-state index contributed by atoms with van der Waals surface area (Å²) >= 11 is 0. The summed E-state index contributed by atoms with van der Waals surface area (Å²) in [4.78, 5) is 2.65. The fraction of sp³-hybridized carbons (Fsp3) is 0.833. The summed E-state index contributed by atoms with van der Waals surface area (Å²) in [6.07, 6.45) is 7.84. The van der Waals surface area contributed by atoms with Gasteiger partial charge in [-0.15, -0.1) is 0 Å². The molecule has 0 aromatic heterocycles. The molecule has 3 aliphatic rings. The van der Waals surface area contributed by atoms with Crippen LogP contribution in [0.25, 0.3) is 0 Å². The predicted octanol–water partition coefficient (Wildman–Crippen LogP) is 1.10. The predicted molar refractivity (Wildman–Crippen MR) is 58.2 cm³/mol. The molecular weight excluding hydrogens is 172 g/mol. The van der Waals surface area contributed by atoms with Crippen LogP contribution in [0, 0.1) is 17.8 Å². The molecule has 14 heavy (non-hydrogen) atoms. The smallest absolute Gasteiger partial charge is 0.0107 e. The summed E-state index contributed by atoms with van der Waals surface area (Å²) < 4.78 is 0. The topological polar surface area (TPSA) is 15.3 Å². The minimum atomic E-state index is 0.926. The largest absolute Gasteiger partial charge is 0.314 e. The van der Waals surface area contributed by atoms with Gasteiger partial charge in [0, 0.05) is 32.7 Å². The van der Waals surface area contributed by atoms with Crippen molar-refractivity contribution in [3.8, 4) is 0 Å². The fourth-order valence-electron chi connectivity index (χ4n) is 3.33. The van der Waals surface area contributed by atoms with Crippen molar-refractivity contribution in [1.29, 1.82) is 0 Å². The first-order chi connectivity index (χ1) is 6.92. The maximum atomic E-state index is 3.42. The number of allylic oxidation sites excluding steroid dienone is 2. The van der Waals surface area contributed by atoms with Crippen LogP contribution in [0.3, 0.4) is 0 Å². The van der Waals surface area contributed by atoms with Crippen LogP contribution in [0.1, 0.15) is 12.8 Å². The monoisotopic (exact) mass is 192 g/mol. The zero-order valence-electron chi connectivity index (χ0n) is 8.78. The van der Waals surface area contributed by atoms with Crippen molar-refractivity contribution >= 4 is 0 Å². The summed E-state index contributed by atoms with van der Waals surface area (Å²) in [7, 11) is 0. The Morgan fingerprint density at radius 1 is 1.14 bits per heavy atom. The van der Waals surface area contributed by atoms with Gasteiger partial charge in [0.25, 0.3) is 0 Å². The molecule has 0 amide bonds. The summed E-state index contributed by atoms with van der Waals surface area (Å²) in [5.74, 6) is 2.84. The molecule has 1 heterocycles. The van der Waals surface area contributed by atoms with Crippen molar-refractivity contribution in [2.45, 2.75) is 12.8 Å². The van der Waals surface area contributed by atoms with Gasteiger partial charge in [-0.1, -0.05) is 12.2 Å². The van der Waals surface area contributed by atoms with Crippen molar-refractivity contribution < 1.29 is 0 Å². The van der Waals surface area contributed by atoms with Gasteiger partial charge in [-0.3, -0.25) is 0 Å². The lowest BCUT2D eigenvalue weighted by Gasteiger charge is -2.31. The summed E-state index contributed by atoms with van der Waals surface area (Å²) in [5.41, 5.74) is 0. The van der Waals surface area contributed by atoms with Crippen molar-refractivity contribution in [3.05, 3.63) is 12.2 Å². The second-order valence-corrected chi connectivity index (χ2v) is 5.09. The van der Waals surface area contributed by atoms with Gasteiger partial charge >= 0.3 is 0 Å². The number of fused-ring (bicyclic) bond motifs is 2. The average Bonchev–Trinajstić information content (AvgIpc) is 2.81. The Bertz CT molecular complexity index is 230. The van der Waals surface area contributed by atoms with Crippen LogP contribution in [0.4, 0.5) is 0 Å². The van der Waals surface area contributed by atoms with E-state index in [1.165, 1.54) is 45.6 Å². The Kier molecular flexibility index (Phi) is 2.34. The van der Waals surface area contributed by atoms with Crippen LogP contribution in [0.15, 0.2) is 12.2 Å². The van der Waals surface area contributed by atoms with E-state index in [9.17, 15) is 0 Å². The Labute approximate surface area is 86.4 Å². The van der Waals surface area contributed by atoms with E-state index in [4.69, 9.17) is 0 Å². The van der Waals surface area contributed by atoms with Gasteiger partial charge in [0.1, 0.15) is 0 Å². The molecule has 78 valence electrons. The molecule has 2 heteroatoms. The third-order valence-corrected chi connectivity index (χ3v) is 4.12. The Balaban J connectivity index is 1.54. The fourth-order valence-corrected chi connectivity index (χ4v) is 3.33. The molecule has 2 aliphatic carbocycles. The minimum Gasteiger partial charge on any atom is -0.314 e. The van der Waals surface area contributed by atoms with Gasteiger partial charge in [0.2, 0.25) is 0 Å². The third kappa shape index (κ3) is 1.61. The molecule has 1 aliphatic heterocycles. The highest BCUT2D eigenvalue weighted by Gasteiger charge is 2.36. The zero-order chi connectivity index (χ0) is 9.38. The van der Waals surface area contributed by atoms with E-state index in [2.05, 4.69) is 22.4 Å². The Hall–Kier alpha value is -0.340. The standard InChI is InChI=1S/C12H20N2/c1-2-11-7-10(1)8-12(11)9-14-5-3-13-4-6-14/h1-2,10-13H,3-9H2/t10-,11+,12+/m1/s1. The molecule has 0 aromatic carbocycles. The minimum absolute atomic E-state index is 0.926. The molecule has 3 rings (SSSR count). The normalized spacial score (nSPS) is 42.1. The van der Waals surface area contributed by atoms with Gasteiger partial charge in [0.15, 0.2) is 0 Å². The zero-order valence-corrected chi connectivity index (χ0v) is 8.78. The van der Waals surface area contributed by atoms with E-state index < -0.39 is 0 Å². The maximum Gasteiger partial charge on any atom is 0.0107 e. The van der Waals surface area contributed by atoms with Crippen LogP contribution in [0.2, 0.25) is 0 Å². The molecule has 0 aromatic rings. The lowest BCUT2D eigenvalue weighted by atomic mass is 9.93. The van der Waals surface area contributed by atoms with Crippen LogP contribution in [-0.2, 0) is 0 Å². The number of nitrogens with one attached hydrogen (secondary N) is 1. The van der Waals surface area contributed by atoms with Gasteiger partial charge in [-0.05, 0) is 30.6 Å². The second-order valence-electron chi connectivity index (χ2n) is 5.09. The van der Waals surface area contributed by atoms with Crippen molar-refractivity contribution in [3.63, 3.8) is 0 Å². The molecule has 1 N–H and O–H groups in total. The lowest BCUT2D eigenvalue weighted by Crippen LogP contribution is -2.45. The van der Waals surface area contributed by atoms with E-state index in [0.717, 1.165) is 17.8 Å². The molecule has 0 spiro atoms. The summed E-state index contributed by atoms with van der Waals surface area (Å²) in [6.45, 7) is 6.26. The highest BCUT2D eigenvalue weighted by atomic mass is 15.2. The van der Waals surface area contributed by atoms with Crippen molar-refractivity contribution in [2.24, 2.45) is 17.8 Å². The molecule has 0 unspecified atom stereocenters. The van der Waals surface area contributed by atoms with Crippen LogP contribution in [0.5, 0.6) is 0 Å². The first-order valence-corrected chi connectivity index (χ1v) is 6.03. The number of nitrogens with zero attached hydrogens (tertiary/aromatic N) is 1. The van der Waals surface area contributed by atoms with Gasteiger partial charge < -0.3 is 10.2 Å². The van der Waals surface area contributed by atoms with Crippen LogP contribution < -0.4 is 5.32 Å². The van der Waals surface area contributed by atoms with E-state index in [-0.39, 0.29) is 0 Å². The molecular formula is C12H20N2. The quantitative estimate of drug-likeness (QED) is 0.659. The average molecular weight is 192 g/mol. The van der Waals surface area contributed by atoms with E-state index in [1.807, 2.05) is 0 Å². The number of hydrogen-bond acceptors (Lipinski definition) is 2.